The molecule has 0 aliphatic carbocycles. The lowest BCUT2D eigenvalue weighted by molar-refractivity contribution is -0.159. The Morgan fingerprint density at radius 1 is 0.500 bits per heavy atom. The zero-order chi connectivity index (χ0) is 82.7. The second-order valence-corrected chi connectivity index (χ2v) is 27.9. The molecule has 4 aromatic carbocycles. The van der Waals surface area contributed by atoms with Crippen LogP contribution in [0.2, 0.25) is 0 Å². The number of carbonyl (C=O) groups excluding carboxylic acids is 1. The predicted molar refractivity (Wildman–Crippen MR) is 414 cm³/mol. The van der Waals surface area contributed by atoms with Gasteiger partial charge in [0.25, 0.3) is 10.1 Å². The second kappa shape index (κ2) is 50.9. The van der Waals surface area contributed by atoms with Gasteiger partial charge in [-0.1, -0.05) is 109 Å². The minimum absolute atomic E-state index is 0.0795. The molecule has 2 aliphatic heterocycles. The van der Waals surface area contributed by atoms with Gasteiger partial charge in [0.1, 0.15) is 29.1 Å². The van der Waals surface area contributed by atoms with E-state index < -0.39 is 28.0 Å². The molecule has 34 nitrogen and oxygen atoms in total. The van der Waals surface area contributed by atoms with Crippen LogP contribution in [0.4, 0.5) is 4.39 Å². The fourth-order valence-corrected chi connectivity index (χ4v) is 11.7. The second-order valence-electron chi connectivity index (χ2n) is 26.2. The highest BCUT2D eigenvalue weighted by Crippen LogP contribution is 2.37. The Bertz CT molecular complexity index is 4440. The van der Waals surface area contributed by atoms with E-state index in [4.69, 9.17) is 49.0 Å². The predicted octanol–water partition coefficient (Wildman–Crippen LogP) is 4.54. The first-order valence-electron chi connectivity index (χ1n) is 36.7. The van der Waals surface area contributed by atoms with Crippen LogP contribution in [0.25, 0.3) is 0 Å². The molecular formula is C76H112FN15O19S. The molecule has 5 N–H and O–H groups in total. The van der Waals surface area contributed by atoms with Gasteiger partial charge in [0.15, 0.2) is 0 Å². The van der Waals surface area contributed by atoms with Crippen LogP contribution < -0.4 is 28.2 Å². The molecular weight excluding hydrogens is 1480 g/mol. The number of carboxylic acid groups (broad SMARTS) is 3. The third kappa shape index (κ3) is 35.2. The summed E-state index contributed by atoms with van der Waals surface area (Å²) in [6.07, 6.45) is 13.4. The van der Waals surface area contributed by atoms with E-state index in [1.807, 2.05) is 116 Å². The number of hydrazine groups is 1. The number of carboxylic acids is 3. The van der Waals surface area contributed by atoms with E-state index in [1.54, 1.807) is 82.6 Å². The van der Waals surface area contributed by atoms with Gasteiger partial charge in [-0.15, -0.1) is 0 Å². The number of aliphatic carboxylic acids is 3. The summed E-state index contributed by atoms with van der Waals surface area (Å²) in [7, 11) is 14.0. The lowest BCUT2D eigenvalue weighted by atomic mass is 9.99. The monoisotopic (exact) mass is 1590 g/mol. The molecule has 0 saturated carbocycles. The molecule has 0 spiro atoms. The van der Waals surface area contributed by atoms with Crippen LogP contribution in [0, 0.1) is 5.82 Å². The van der Waals surface area contributed by atoms with Crippen LogP contribution in [0.5, 0.6) is 0 Å². The van der Waals surface area contributed by atoms with Crippen LogP contribution in [0.1, 0.15) is 123 Å². The third-order valence-corrected chi connectivity index (χ3v) is 18.7. The minimum atomic E-state index is -3.39. The number of ether oxygens (including phenoxy) is 4. The molecule has 36 heteroatoms. The molecule has 8 aromatic rings. The van der Waals surface area contributed by atoms with Crippen LogP contribution in [0.15, 0.2) is 134 Å². The van der Waals surface area contributed by atoms with E-state index >= 15 is 0 Å². The van der Waals surface area contributed by atoms with E-state index in [0.717, 1.165) is 86.3 Å². The van der Waals surface area contributed by atoms with Crippen molar-refractivity contribution in [2.45, 2.75) is 147 Å². The molecule has 2 fully saturated rings. The zero-order valence-corrected chi connectivity index (χ0v) is 66.9. The molecule has 2 unspecified atom stereocenters. The average molecular weight is 1590 g/mol. The van der Waals surface area contributed by atoms with E-state index in [1.165, 1.54) is 48.2 Å². The Hall–Kier alpha value is -9.92. The van der Waals surface area contributed by atoms with Gasteiger partial charge in [0.05, 0.1) is 45.4 Å². The number of hydrogen-bond donors (Lipinski definition) is 5. The number of nitrogens with one attached hydrogen (secondary N) is 1. The summed E-state index contributed by atoms with van der Waals surface area (Å²) in [5, 5.41) is 33.2. The Morgan fingerprint density at radius 2 is 0.857 bits per heavy atom. The van der Waals surface area contributed by atoms with Crippen LogP contribution in [0.3, 0.4) is 0 Å². The van der Waals surface area contributed by atoms with Crippen molar-refractivity contribution in [3.63, 3.8) is 0 Å². The van der Waals surface area contributed by atoms with Crippen LogP contribution >= 0.6 is 0 Å². The maximum absolute atomic E-state index is 13.8. The van der Waals surface area contributed by atoms with Gasteiger partial charge < -0.3 is 39.4 Å². The molecule has 2 bridgehead atoms. The SMILES string of the molecule is CNN(C)C(=O)CCCOCc1ccccc1.Cn1c(CCCN2C3CCC2CC(OCc2ccccc2F)C3)nc(=O)n1C.Cn1c(CCCO)nc(=O)n1C.Cn1c(CCCOCc2ccccc2)nc(=O)n1C.Cn1c(CCCOS(C)(=O)=O)nc(=O)n1C.O=C(O)C(=O)O.O=C(O)CCCOCc1ccccc1. The highest BCUT2D eigenvalue weighted by Gasteiger charge is 2.40. The number of carbonyl (C=O) groups is 4. The van der Waals surface area contributed by atoms with Gasteiger partial charge in [-0.2, -0.15) is 28.4 Å². The number of aromatic nitrogens is 12. The summed E-state index contributed by atoms with van der Waals surface area (Å²) >= 11 is 0. The Balaban J connectivity index is 0.000000285. The van der Waals surface area contributed by atoms with E-state index in [2.05, 4.69) is 34.4 Å². The lowest BCUT2D eigenvalue weighted by Crippen LogP contribution is -2.45. The van der Waals surface area contributed by atoms with Crippen molar-refractivity contribution in [3.05, 3.63) is 209 Å². The number of aryl methyl sites for hydroxylation is 4. The fraction of sp³-hybridized carbons (Fsp3) is 0.526. The molecule has 6 heterocycles. The summed E-state index contributed by atoms with van der Waals surface area (Å²) in [6.45, 7) is 5.18. The number of amides is 1. The quantitative estimate of drug-likeness (QED) is 0.0160. The van der Waals surface area contributed by atoms with Gasteiger partial charge in [-0.05, 0) is 93.5 Å². The highest BCUT2D eigenvalue weighted by molar-refractivity contribution is 7.86. The van der Waals surface area contributed by atoms with Crippen LogP contribution in [-0.4, -0.2) is 198 Å². The number of aliphatic hydroxyl groups excluding tert-OH is 1. The molecule has 618 valence electrons. The smallest absolute Gasteiger partial charge is 0.414 e. The van der Waals surface area contributed by atoms with Gasteiger partial charge in [-0.3, -0.25) is 42.4 Å². The first-order chi connectivity index (χ1) is 53.3. The number of rotatable bonds is 34. The molecule has 2 aliphatic rings. The number of halogens is 1. The van der Waals surface area contributed by atoms with Gasteiger partial charge in [0, 0.05) is 153 Å². The summed E-state index contributed by atoms with van der Waals surface area (Å²) < 4.78 is 75.0. The lowest BCUT2D eigenvalue weighted by Gasteiger charge is -2.38. The molecule has 2 saturated heterocycles. The summed E-state index contributed by atoms with van der Waals surface area (Å²) in [6, 6.07) is 37.9. The highest BCUT2D eigenvalue weighted by atomic mass is 32.2. The van der Waals surface area contributed by atoms with Gasteiger partial charge in [0.2, 0.25) is 5.91 Å². The Labute approximate surface area is 651 Å². The topological polar surface area (TPSA) is 407 Å². The van der Waals surface area contributed by atoms with Crippen molar-refractivity contribution in [2.24, 2.45) is 56.4 Å². The summed E-state index contributed by atoms with van der Waals surface area (Å²) in [5.41, 5.74) is 5.90. The third-order valence-electron chi connectivity index (χ3n) is 18.1. The summed E-state index contributed by atoms with van der Waals surface area (Å²) in [4.78, 5) is 103. The number of hydrogen-bond acceptors (Lipinski definition) is 22. The number of nitrogens with zero attached hydrogens (tertiary/aromatic N) is 14. The summed E-state index contributed by atoms with van der Waals surface area (Å²) in [5.74, 6) is -1.54. The van der Waals surface area contributed by atoms with Gasteiger partial charge in [-0.25, -0.2) is 57.3 Å². The van der Waals surface area contributed by atoms with Crippen LogP contribution in [-0.2, 0) is 161 Å². The molecule has 112 heavy (non-hydrogen) atoms. The van der Waals surface area contributed by atoms with E-state index in [-0.39, 0.29) is 60.2 Å². The first kappa shape index (κ1) is 94.5. The Kier molecular flexibility index (Phi) is 42.9. The van der Waals surface area contributed by atoms with Gasteiger partial charge >= 0.3 is 40.7 Å². The molecule has 4 aromatic heterocycles. The van der Waals surface area contributed by atoms with Crippen molar-refractivity contribution in [3.8, 4) is 0 Å². The van der Waals surface area contributed by atoms with Crippen molar-refractivity contribution >= 4 is 33.9 Å². The number of aliphatic hydroxyl groups is 1. The average Bonchev–Trinajstić information content (AvgIpc) is 1.65. The molecule has 1 amide bonds. The maximum Gasteiger partial charge on any atom is 0.414 e. The minimum Gasteiger partial charge on any atom is -0.481 e. The van der Waals surface area contributed by atoms with Crippen molar-refractivity contribution < 1.29 is 75.5 Å². The molecule has 10 rings (SSSR count). The van der Waals surface area contributed by atoms with Crippen molar-refractivity contribution in [1.82, 2.24) is 72.7 Å². The maximum atomic E-state index is 13.8. The number of piperidine rings is 1. The normalized spacial score (nSPS) is 14.1. The standard InChI is InChI=1S/C21H29FN4O2.C14H19N3O2.C13H20N2O2.C11H14O3.C8H15N3O4S.C7H13N3O2.C2H2O4/c1-24-20(23-21(27)25(24)2)8-5-11-26-16-9-10-17(26)13-18(12-16)28-14-15-6-3-4-7-19(15)22;1-16-13(15-14(18)17(16)2)9-6-10-19-11-12-7-4-3-5-8-12;1-14-15(2)13(16)9-6-10-17-11-12-7-4-3-5-8-12;12-11(13)7-4-8-14-9-10-5-2-1-3-6-10;1-10-7(9-8(12)11(10)2)5-4-6-15-16(3,13)14;1-9-6(4-3-5-11)8-7(12)10(9)2;3-1(4)2(5)6/h3-4,6-7,16-18H,5,8-14H2,1-2H3;3-5,7-8H,6,9-11H2,1-2H3;3-5,7-8,14H,6,9-11H2,1-2H3;1-3,5-6H,4,7-9H2,(H,12,13);4-6H2,1-3H3;11H,3-5H2,1-2H3;(H,3,4)(H,5,6). The zero-order valence-electron chi connectivity index (χ0n) is 66.0. The fourth-order valence-electron chi connectivity index (χ4n) is 11.3. The van der Waals surface area contributed by atoms with Crippen molar-refractivity contribution in [2.75, 3.05) is 59.9 Å². The molecule has 0 radical (unpaired) electrons. The number of benzene rings is 4. The largest absolute Gasteiger partial charge is 0.481 e. The number of fused-ring (bicyclic) bond motifs is 2. The van der Waals surface area contributed by atoms with Crippen molar-refractivity contribution in [1.29, 1.82) is 0 Å². The first-order valence-corrected chi connectivity index (χ1v) is 38.6. The van der Waals surface area contributed by atoms with E-state index in [9.17, 15) is 41.6 Å². The molecule has 2 atom stereocenters. The van der Waals surface area contributed by atoms with E-state index in [0.29, 0.717) is 108 Å². The Morgan fingerprint density at radius 3 is 1.21 bits per heavy atom.